The molecule has 2 aromatic carbocycles. The molecule has 0 bridgehead atoms. The average molecular weight is 358 g/mol. The molecule has 104 valence electrons. The Bertz CT molecular complexity index is 661. The first-order chi connectivity index (χ1) is 9.63. The van der Waals surface area contributed by atoms with Crippen molar-refractivity contribution < 1.29 is 13.9 Å². The summed E-state index contributed by atoms with van der Waals surface area (Å²) in [5.74, 6) is 0.834. The van der Waals surface area contributed by atoms with Gasteiger partial charge in [-0.25, -0.2) is 4.39 Å². The molecule has 3 rings (SSSR count). The van der Waals surface area contributed by atoms with Crippen LogP contribution in [0.1, 0.15) is 11.1 Å². The van der Waals surface area contributed by atoms with E-state index >= 15 is 0 Å². The van der Waals surface area contributed by atoms with Gasteiger partial charge in [0.05, 0.1) is 11.6 Å². The number of rotatable bonds is 3. The number of hydrogen-bond acceptors (Lipinski definition) is 2. The number of ether oxygens (including phenoxy) is 2. The van der Waals surface area contributed by atoms with E-state index in [1.807, 2.05) is 12.1 Å². The maximum atomic E-state index is 13.3. The molecule has 0 unspecified atom stereocenters. The lowest BCUT2D eigenvalue weighted by atomic mass is 10.1. The zero-order chi connectivity index (χ0) is 14.1. The van der Waals surface area contributed by atoms with Gasteiger partial charge in [-0.2, -0.15) is 0 Å². The van der Waals surface area contributed by atoms with Gasteiger partial charge in [-0.3, -0.25) is 0 Å². The number of benzene rings is 2. The molecular formula is C15H11BrClFO2. The van der Waals surface area contributed by atoms with Crippen LogP contribution in [0.5, 0.6) is 11.5 Å². The molecule has 0 aliphatic carbocycles. The summed E-state index contributed by atoms with van der Waals surface area (Å²) in [5, 5.41) is 0.0871. The molecule has 1 aliphatic heterocycles. The van der Waals surface area contributed by atoms with Crippen molar-refractivity contribution in [2.45, 2.75) is 13.0 Å². The van der Waals surface area contributed by atoms with Gasteiger partial charge in [-0.05, 0) is 29.8 Å². The number of fused-ring (bicyclic) bond motifs is 1. The van der Waals surface area contributed by atoms with E-state index in [2.05, 4.69) is 15.9 Å². The van der Waals surface area contributed by atoms with Crippen molar-refractivity contribution in [3.8, 4) is 11.5 Å². The molecule has 5 heteroatoms. The lowest BCUT2D eigenvalue weighted by molar-refractivity contribution is 0.290. The van der Waals surface area contributed by atoms with Crippen LogP contribution in [0.15, 0.2) is 34.8 Å². The van der Waals surface area contributed by atoms with Crippen molar-refractivity contribution in [2.75, 3.05) is 6.61 Å². The largest absolute Gasteiger partial charge is 0.493 e. The summed E-state index contributed by atoms with van der Waals surface area (Å²) in [5.41, 5.74) is 2.11. The Balaban J connectivity index is 1.80. The summed E-state index contributed by atoms with van der Waals surface area (Å²) in [6, 6.07) is 8.41. The standard InChI is InChI=1S/C15H11BrClFO2/c16-11-5-9-3-4-19-15(9)10(6-11)8-20-12-1-2-13(17)14(18)7-12/h1-2,5-7H,3-4,8H2. The van der Waals surface area contributed by atoms with Crippen molar-refractivity contribution in [1.29, 1.82) is 0 Å². The first-order valence-corrected chi connectivity index (χ1v) is 7.32. The van der Waals surface area contributed by atoms with E-state index in [1.54, 1.807) is 6.07 Å². The van der Waals surface area contributed by atoms with E-state index in [4.69, 9.17) is 21.1 Å². The summed E-state index contributed by atoms with van der Waals surface area (Å²) in [4.78, 5) is 0. The minimum absolute atomic E-state index is 0.0871. The molecule has 0 spiro atoms. The summed E-state index contributed by atoms with van der Waals surface area (Å²) < 4.78 is 25.6. The van der Waals surface area contributed by atoms with E-state index in [1.165, 1.54) is 17.7 Å². The lowest BCUT2D eigenvalue weighted by Gasteiger charge is -2.11. The molecule has 2 nitrogen and oxygen atoms in total. The zero-order valence-electron chi connectivity index (χ0n) is 10.5. The van der Waals surface area contributed by atoms with Crippen LogP contribution in [0.25, 0.3) is 0 Å². The molecule has 0 aromatic heterocycles. The quantitative estimate of drug-likeness (QED) is 0.789. The van der Waals surface area contributed by atoms with Gasteiger partial charge < -0.3 is 9.47 Å². The highest BCUT2D eigenvalue weighted by atomic mass is 79.9. The molecule has 0 fully saturated rings. The number of halogens is 3. The molecule has 0 N–H and O–H groups in total. The first-order valence-electron chi connectivity index (χ1n) is 6.15. The van der Waals surface area contributed by atoms with Crippen LogP contribution in [0.3, 0.4) is 0 Å². The van der Waals surface area contributed by atoms with Crippen LogP contribution in [0.4, 0.5) is 4.39 Å². The monoisotopic (exact) mass is 356 g/mol. The van der Waals surface area contributed by atoms with Gasteiger partial charge in [0.2, 0.25) is 0 Å². The molecule has 1 aliphatic rings. The maximum absolute atomic E-state index is 13.3. The summed E-state index contributed by atoms with van der Waals surface area (Å²) in [6.07, 6.45) is 0.900. The van der Waals surface area contributed by atoms with Gasteiger partial charge in [0.15, 0.2) is 0 Å². The van der Waals surface area contributed by atoms with Gasteiger partial charge in [-0.1, -0.05) is 27.5 Å². The normalized spacial score (nSPS) is 12.9. The van der Waals surface area contributed by atoms with Crippen molar-refractivity contribution in [2.24, 2.45) is 0 Å². The van der Waals surface area contributed by atoms with E-state index in [9.17, 15) is 4.39 Å². The third-order valence-electron chi connectivity index (χ3n) is 3.11. The van der Waals surface area contributed by atoms with Gasteiger partial charge in [0.1, 0.15) is 23.9 Å². The Morgan fingerprint density at radius 2 is 2.15 bits per heavy atom. The third kappa shape index (κ3) is 2.76. The second-order valence-electron chi connectivity index (χ2n) is 4.52. The van der Waals surface area contributed by atoms with Gasteiger partial charge in [0, 0.05) is 22.5 Å². The van der Waals surface area contributed by atoms with Gasteiger partial charge in [-0.15, -0.1) is 0 Å². The zero-order valence-corrected chi connectivity index (χ0v) is 12.8. The molecule has 0 saturated heterocycles. The Hall–Kier alpha value is -1.26. The molecular weight excluding hydrogens is 347 g/mol. The minimum atomic E-state index is -0.486. The van der Waals surface area contributed by atoms with E-state index in [0.717, 1.165) is 22.2 Å². The fraction of sp³-hybridized carbons (Fsp3) is 0.200. The Morgan fingerprint density at radius 1 is 1.30 bits per heavy atom. The van der Waals surface area contributed by atoms with Crippen LogP contribution in [0, 0.1) is 5.82 Å². The third-order valence-corrected chi connectivity index (χ3v) is 3.88. The Labute approximate surface area is 129 Å². The summed E-state index contributed by atoms with van der Waals surface area (Å²) in [6.45, 7) is 1.01. The van der Waals surface area contributed by atoms with Crippen LogP contribution in [-0.4, -0.2) is 6.61 Å². The molecule has 0 saturated carbocycles. The van der Waals surface area contributed by atoms with E-state index in [0.29, 0.717) is 19.0 Å². The van der Waals surface area contributed by atoms with Crippen LogP contribution >= 0.6 is 27.5 Å². The van der Waals surface area contributed by atoms with Crippen LogP contribution < -0.4 is 9.47 Å². The maximum Gasteiger partial charge on any atom is 0.145 e. The fourth-order valence-corrected chi connectivity index (χ4v) is 2.85. The Morgan fingerprint density at radius 3 is 2.95 bits per heavy atom. The molecule has 0 radical (unpaired) electrons. The Kier molecular flexibility index (Phi) is 3.85. The molecule has 0 atom stereocenters. The van der Waals surface area contributed by atoms with E-state index < -0.39 is 5.82 Å². The highest BCUT2D eigenvalue weighted by molar-refractivity contribution is 9.10. The highest BCUT2D eigenvalue weighted by Crippen LogP contribution is 2.33. The first kappa shape index (κ1) is 13.7. The average Bonchev–Trinajstić information content (AvgIpc) is 2.88. The van der Waals surface area contributed by atoms with Crippen LogP contribution in [0.2, 0.25) is 5.02 Å². The second-order valence-corrected chi connectivity index (χ2v) is 5.84. The molecule has 0 amide bonds. The van der Waals surface area contributed by atoms with Gasteiger partial charge >= 0.3 is 0 Å². The summed E-state index contributed by atoms with van der Waals surface area (Å²) >= 11 is 9.11. The highest BCUT2D eigenvalue weighted by Gasteiger charge is 2.17. The van der Waals surface area contributed by atoms with Crippen molar-refractivity contribution in [1.82, 2.24) is 0 Å². The van der Waals surface area contributed by atoms with Crippen molar-refractivity contribution in [3.63, 3.8) is 0 Å². The topological polar surface area (TPSA) is 18.5 Å². The minimum Gasteiger partial charge on any atom is -0.493 e. The predicted molar refractivity (Wildman–Crippen MR) is 79.1 cm³/mol. The predicted octanol–water partition coefficient (Wildman–Crippen LogP) is 4.76. The molecule has 20 heavy (non-hydrogen) atoms. The summed E-state index contributed by atoms with van der Waals surface area (Å²) in [7, 11) is 0. The SMILES string of the molecule is Fc1cc(OCc2cc(Br)cc3c2OCC3)ccc1Cl. The van der Waals surface area contributed by atoms with Gasteiger partial charge in [0.25, 0.3) is 0 Å². The fourth-order valence-electron chi connectivity index (χ4n) is 2.18. The molecule has 2 aromatic rings. The second kappa shape index (κ2) is 5.62. The van der Waals surface area contributed by atoms with Crippen molar-refractivity contribution in [3.05, 3.63) is 56.8 Å². The smallest absolute Gasteiger partial charge is 0.145 e. The lowest BCUT2D eigenvalue weighted by Crippen LogP contribution is -1.99. The molecule has 1 heterocycles. The van der Waals surface area contributed by atoms with Crippen LogP contribution in [-0.2, 0) is 13.0 Å². The number of hydrogen-bond donors (Lipinski definition) is 0. The van der Waals surface area contributed by atoms with E-state index in [-0.39, 0.29) is 5.02 Å². The van der Waals surface area contributed by atoms with Crippen molar-refractivity contribution >= 4 is 27.5 Å².